The van der Waals surface area contributed by atoms with Gasteiger partial charge in [0.05, 0.1) is 0 Å². The van der Waals surface area contributed by atoms with Crippen molar-refractivity contribution < 1.29 is 0 Å². The number of nitrogens with two attached hydrogens (primary N) is 1. The summed E-state index contributed by atoms with van der Waals surface area (Å²) in [6.45, 7) is 0.824. The minimum absolute atomic E-state index is 0.655. The van der Waals surface area contributed by atoms with Crippen LogP contribution in [0, 0.1) is 5.92 Å². The number of thioether (sulfide) groups is 1. The average molecular weight is 292 g/mol. The quantitative estimate of drug-likeness (QED) is 0.906. The van der Waals surface area contributed by atoms with Gasteiger partial charge in [0.25, 0.3) is 0 Å². The van der Waals surface area contributed by atoms with Crippen molar-refractivity contribution in [2.75, 3.05) is 6.54 Å². The Hall–Kier alpha value is -0.550. The molecule has 2 atom stereocenters. The summed E-state index contributed by atoms with van der Waals surface area (Å²) in [5, 5.41) is 10.9. The van der Waals surface area contributed by atoms with Crippen molar-refractivity contribution in [3.63, 3.8) is 0 Å². The summed E-state index contributed by atoms with van der Waals surface area (Å²) < 4.78 is 2.48. The lowest BCUT2D eigenvalue weighted by Gasteiger charge is -2.29. The first kappa shape index (κ1) is 13.1. The number of hydrogen-bond donors (Lipinski definition) is 1. The van der Waals surface area contributed by atoms with E-state index >= 15 is 0 Å². The van der Waals surface area contributed by atoms with Crippen LogP contribution < -0.4 is 5.73 Å². The van der Waals surface area contributed by atoms with Gasteiger partial charge >= 0.3 is 0 Å². The second-order valence-electron chi connectivity index (χ2n) is 6.65. The van der Waals surface area contributed by atoms with Gasteiger partial charge in [0.15, 0.2) is 5.16 Å². The standard InChI is InChI=1S/C15H24N4S/c16-9-11-3-1-2-4-13(11)20-15-18-17-14(10-5-6-10)19(15)12-7-8-12/h10-13H,1-9,16H2. The minimum Gasteiger partial charge on any atom is -0.330 e. The second kappa shape index (κ2) is 5.34. The third-order valence-electron chi connectivity index (χ3n) is 4.94. The van der Waals surface area contributed by atoms with Gasteiger partial charge in [0.2, 0.25) is 0 Å². The van der Waals surface area contributed by atoms with E-state index in [1.165, 1.54) is 62.3 Å². The maximum atomic E-state index is 5.96. The number of aromatic nitrogens is 3. The molecule has 2 unspecified atom stereocenters. The zero-order chi connectivity index (χ0) is 13.5. The van der Waals surface area contributed by atoms with Crippen molar-refractivity contribution in [3.05, 3.63) is 5.82 Å². The molecular formula is C15H24N4S. The van der Waals surface area contributed by atoms with Crippen molar-refractivity contribution in [2.45, 2.75) is 73.7 Å². The third kappa shape index (κ3) is 2.50. The first-order valence-corrected chi connectivity index (χ1v) is 9.06. The molecule has 1 aromatic heterocycles. The van der Waals surface area contributed by atoms with E-state index in [0.717, 1.165) is 6.54 Å². The molecule has 3 aliphatic carbocycles. The van der Waals surface area contributed by atoms with Gasteiger partial charge in [0.1, 0.15) is 5.82 Å². The maximum Gasteiger partial charge on any atom is 0.191 e. The van der Waals surface area contributed by atoms with Crippen LogP contribution in [0.4, 0.5) is 0 Å². The lowest BCUT2D eigenvalue weighted by molar-refractivity contribution is 0.377. The molecule has 0 radical (unpaired) electrons. The molecule has 0 bridgehead atoms. The second-order valence-corrected chi connectivity index (χ2v) is 7.86. The van der Waals surface area contributed by atoms with E-state index in [0.29, 0.717) is 23.1 Å². The van der Waals surface area contributed by atoms with Crippen LogP contribution in [-0.4, -0.2) is 26.6 Å². The lowest BCUT2D eigenvalue weighted by Crippen LogP contribution is -2.29. The van der Waals surface area contributed by atoms with Crippen LogP contribution in [0.15, 0.2) is 5.16 Å². The monoisotopic (exact) mass is 292 g/mol. The highest BCUT2D eigenvalue weighted by atomic mass is 32.2. The Bertz CT molecular complexity index is 478. The molecule has 0 aromatic carbocycles. The van der Waals surface area contributed by atoms with Gasteiger partial charge < -0.3 is 10.3 Å². The molecule has 0 saturated heterocycles. The van der Waals surface area contributed by atoms with Crippen LogP contribution in [0.1, 0.15) is 69.2 Å². The molecule has 3 aliphatic rings. The fourth-order valence-electron chi connectivity index (χ4n) is 3.40. The van der Waals surface area contributed by atoms with Crippen LogP contribution in [0.25, 0.3) is 0 Å². The van der Waals surface area contributed by atoms with Gasteiger partial charge in [-0.05, 0) is 51.0 Å². The Labute approximate surface area is 124 Å². The van der Waals surface area contributed by atoms with Gasteiger partial charge in [-0.2, -0.15) is 0 Å². The van der Waals surface area contributed by atoms with Crippen molar-refractivity contribution in [1.29, 1.82) is 0 Å². The predicted molar refractivity (Wildman–Crippen MR) is 80.9 cm³/mol. The van der Waals surface area contributed by atoms with Crippen LogP contribution >= 0.6 is 11.8 Å². The largest absolute Gasteiger partial charge is 0.330 e. The Balaban J connectivity index is 1.55. The number of hydrogen-bond acceptors (Lipinski definition) is 4. The molecule has 110 valence electrons. The molecule has 4 rings (SSSR count). The Morgan fingerprint density at radius 1 is 1.05 bits per heavy atom. The van der Waals surface area contributed by atoms with E-state index in [1.54, 1.807) is 0 Å². The van der Waals surface area contributed by atoms with Gasteiger partial charge in [0, 0.05) is 17.2 Å². The van der Waals surface area contributed by atoms with Crippen molar-refractivity contribution in [3.8, 4) is 0 Å². The van der Waals surface area contributed by atoms with E-state index in [2.05, 4.69) is 14.8 Å². The van der Waals surface area contributed by atoms with Crippen molar-refractivity contribution >= 4 is 11.8 Å². The molecule has 3 saturated carbocycles. The molecule has 0 spiro atoms. The lowest BCUT2D eigenvalue weighted by atomic mass is 9.89. The Kier molecular flexibility index (Phi) is 3.50. The fourth-order valence-corrected chi connectivity index (χ4v) is 4.84. The minimum atomic E-state index is 0.655. The molecule has 1 aromatic rings. The van der Waals surface area contributed by atoms with Crippen molar-refractivity contribution in [1.82, 2.24) is 14.8 Å². The highest BCUT2D eigenvalue weighted by Gasteiger charge is 2.37. The first-order valence-electron chi connectivity index (χ1n) is 8.18. The Morgan fingerprint density at radius 3 is 2.55 bits per heavy atom. The van der Waals surface area contributed by atoms with E-state index in [1.807, 2.05) is 11.8 Å². The molecule has 0 amide bonds. The van der Waals surface area contributed by atoms with Crippen LogP contribution in [0.5, 0.6) is 0 Å². The van der Waals surface area contributed by atoms with E-state index in [-0.39, 0.29) is 0 Å². The van der Waals surface area contributed by atoms with Gasteiger partial charge in [-0.15, -0.1) is 10.2 Å². The molecule has 4 nitrogen and oxygen atoms in total. The first-order chi connectivity index (χ1) is 9.86. The van der Waals surface area contributed by atoms with Crippen LogP contribution in [-0.2, 0) is 0 Å². The van der Waals surface area contributed by atoms with Crippen LogP contribution in [0.2, 0.25) is 0 Å². The molecule has 0 aliphatic heterocycles. The summed E-state index contributed by atoms with van der Waals surface area (Å²) in [7, 11) is 0. The molecule has 20 heavy (non-hydrogen) atoms. The number of rotatable bonds is 5. The normalized spacial score (nSPS) is 30.6. The summed E-state index contributed by atoms with van der Waals surface area (Å²) in [5.74, 6) is 2.65. The summed E-state index contributed by atoms with van der Waals surface area (Å²) >= 11 is 1.97. The van der Waals surface area contributed by atoms with E-state index in [9.17, 15) is 0 Å². The highest BCUT2D eigenvalue weighted by Crippen LogP contribution is 2.47. The average Bonchev–Trinajstić information content (AvgIpc) is 3.39. The zero-order valence-corrected chi connectivity index (χ0v) is 12.8. The van der Waals surface area contributed by atoms with Crippen molar-refractivity contribution in [2.24, 2.45) is 11.7 Å². The summed E-state index contributed by atoms with van der Waals surface area (Å²) in [6.07, 6.45) is 10.5. The maximum absolute atomic E-state index is 5.96. The highest BCUT2D eigenvalue weighted by molar-refractivity contribution is 7.99. The molecule has 2 N–H and O–H groups in total. The van der Waals surface area contributed by atoms with Gasteiger partial charge in [-0.25, -0.2) is 0 Å². The Morgan fingerprint density at radius 2 is 1.85 bits per heavy atom. The summed E-state index contributed by atoms with van der Waals surface area (Å²) in [4.78, 5) is 0. The van der Waals surface area contributed by atoms with Gasteiger partial charge in [-0.3, -0.25) is 0 Å². The van der Waals surface area contributed by atoms with E-state index in [4.69, 9.17) is 5.73 Å². The third-order valence-corrected chi connectivity index (χ3v) is 6.36. The summed E-state index contributed by atoms with van der Waals surface area (Å²) in [5.41, 5.74) is 5.96. The molecule has 3 fully saturated rings. The molecular weight excluding hydrogens is 268 g/mol. The topological polar surface area (TPSA) is 56.7 Å². The molecule has 1 heterocycles. The number of nitrogens with zero attached hydrogens (tertiary/aromatic N) is 3. The smallest absolute Gasteiger partial charge is 0.191 e. The summed E-state index contributed by atoms with van der Waals surface area (Å²) in [6, 6.07) is 0.697. The fraction of sp³-hybridized carbons (Fsp3) is 0.867. The molecule has 5 heteroatoms. The predicted octanol–water partition coefficient (Wildman–Crippen LogP) is 3.10. The van der Waals surface area contributed by atoms with Gasteiger partial charge in [-0.1, -0.05) is 24.6 Å². The van der Waals surface area contributed by atoms with Crippen LogP contribution in [0.3, 0.4) is 0 Å². The van der Waals surface area contributed by atoms with E-state index < -0.39 is 0 Å². The zero-order valence-electron chi connectivity index (χ0n) is 12.0. The SMILES string of the molecule is NCC1CCCCC1Sc1nnc(C2CC2)n1C1CC1.